The Labute approximate surface area is 170 Å². The molecule has 0 bridgehead atoms. The Morgan fingerprint density at radius 3 is 2.69 bits per heavy atom. The number of nitrogens with one attached hydrogen (secondary N) is 2. The molecule has 29 heavy (non-hydrogen) atoms. The fraction of sp³-hybridized carbons (Fsp3) is 0.211. The molecular weight excluding hydrogens is 395 g/mol. The lowest BCUT2D eigenvalue weighted by atomic mass is 10.2. The number of aromatic nitrogens is 4. The number of carbonyl (C=O) groups excluding carboxylic acids is 2. The summed E-state index contributed by atoms with van der Waals surface area (Å²) < 4.78 is 14.5. The van der Waals surface area contributed by atoms with Crippen LogP contribution in [0.15, 0.2) is 53.7 Å². The molecule has 3 aromatic rings. The third kappa shape index (κ3) is 5.61. The lowest BCUT2D eigenvalue weighted by molar-refractivity contribution is -0.120. The monoisotopic (exact) mass is 414 g/mol. The molecule has 3 rings (SSSR count). The van der Waals surface area contributed by atoms with Crippen molar-refractivity contribution in [1.29, 1.82) is 0 Å². The molecule has 1 unspecified atom stereocenters. The molecule has 1 aromatic heterocycles. The van der Waals surface area contributed by atoms with Crippen molar-refractivity contribution in [2.45, 2.75) is 30.8 Å². The van der Waals surface area contributed by atoms with Gasteiger partial charge in [0.1, 0.15) is 5.82 Å². The highest BCUT2D eigenvalue weighted by atomic mass is 32.2. The summed E-state index contributed by atoms with van der Waals surface area (Å²) in [6.07, 6.45) is 0. The first kappa shape index (κ1) is 20.5. The summed E-state index contributed by atoms with van der Waals surface area (Å²) in [5, 5.41) is 17.2. The summed E-state index contributed by atoms with van der Waals surface area (Å²) in [5.41, 5.74) is 2.07. The van der Waals surface area contributed by atoms with Gasteiger partial charge < -0.3 is 10.6 Å². The predicted octanol–water partition coefficient (Wildman–Crippen LogP) is 2.56. The summed E-state index contributed by atoms with van der Waals surface area (Å²) in [5.74, 6) is -0.695. The van der Waals surface area contributed by atoms with Gasteiger partial charge in [-0.2, -0.15) is 4.68 Å². The molecule has 150 valence electrons. The number of nitrogens with zero attached hydrogens (tertiary/aromatic N) is 4. The van der Waals surface area contributed by atoms with E-state index in [1.54, 1.807) is 43.3 Å². The van der Waals surface area contributed by atoms with E-state index in [1.165, 1.54) is 35.5 Å². The highest BCUT2D eigenvalue weighted by Gasteiger charge is 2.19. The Morgan fingerprint density at radius 1 is 1.21 bits per heavy atom. The van der Waals surface area contributed by atoms with Gasteiger partial charge in [-0.3, -0.25) is 9.59 Å². The largest absolute Gasteiger partial charge is 0.351 e. The van der Waals surface area contributed by atoms with Crippen LogP contribution < -0.4 is 10.6 Å². The van der Waals surface area contributed by atoms with Crippen LogP contribution in [0.5, 0.6) is 0 Å². The minimum absolute atomic E-state index is 0.181. The lowest BCUT2D eigenvalue weighted by Gasteiger charge is -2.12. The molecule has 2 amide bonds. The fourth-order valence-corrected chi connectivity index (χ4v) is 3.31. The van der Waals surface area contributed by atoms with Crippen LogP contribution in [-0.2, 0) is 16.1 Å². The van der Waals surface area contributed by atoms with Gasteiger partial charge in [-0.15, -0.1) is 5.10 Å². The maximum atomic E-state index is 13.0. The number of thioether (sulfide) groups is 1. The average molecular weight is 414 g/mol. The summed E-state index contributed by atoms with van der Waals surface area (Å²) in [4.78, 5) is 23.7. The van der Waals surface area contributed by atoms with Crippen molar-refractivity contribution in [2.75, 3.05) is 5.32 Å². The van der Waals surface area contributed by atoms with E-state index in [9.17, 15) is 14.0 Å². The van der Waals surface area contributed by atoms with Crippen LogP contribution in [0.1, 0.15) is 19.4 Å². The number of carbonyl (C=O) groups is 2. The molecule has 0 aliphatic heterocycles. The van der Waals surface area contributed by atoms with E-state index >= 15 is 0 Å². The Balaban J connectivity index is 1.65. The zero-order valence-corrected chi connectivity index (χ0v) is 16.6. The van der Waals surface area contributed by atoms with Gasteiger partial charge in [0.2, 0.25) is 17.0 Å². The zero-order valence-electron chi connectivity index (χ0n) is 15.8. The van der Waals surface area contributed by atoms with E-state index in [4.69, 9.17) is 0 Å². The van der Waals surface area contributed by atoms with Gasteiger partial charge in [-0.25, -0.2) is 4.39 Å². The number of benzene rings is 2. The Bertz CT molecular complexity index is 1010. The second kappa shape index (κ2) is 9.28. The molecule has 10 heteroatoms. The molecule has 8 nitrogen and oxygen atoms in total. The maximum Gasteiger partial charge on any atom is 0.233 e. The minimum Gasteiger partial charge on any atom is -0.351 e. The van der Waals surface area contributed by atoms with Crippen molar-refractivity contribution in [3.05, 3.63) is 59.9 Å². The standard InChI is InChI=1S/C19H19FN6O2S/c1-12(18(28)21-11-14-6-8-15(20)9-7-14)29-19-23-24-25-26(19)17-5-3-4-16(10-17)22-13(2)27/h3-10,12H,11H2,1-2H3,(H,21,28)(H,22,27). The van der Waals surface area contributed by atoms with Gasteiger partial charge in [0.05, 0.1) is 10.9 Å². The molecule has 2 aromatic carbocycles. The van der Waals surface area contributed by atoms with E-state index in [1.807, 2.05) is 0 Å². The summed E-state index contributed by atoms with van der Waals surface area (Å²) in [6, 6.07) is 13.0. The van der Waals surface area contributed by atoms with E-state index in [0.717, 1.165) is 5.56 Å². The van der Waals surface area contributed by atoms with Crippen molar-refractivity contribution >= 4 is 29.3 Å². The molecule has 1 heterocycles. The van der Waals surface area contributed by atoms with Crippen molar-refractivity contribution in [3.63, 3.8) is 0 Å². The van der Waals surface area contributed by atoms with Crippen molar-refractivity contribution in [2.24, 2.45) is 0 Å². The number of amides is 2. The van der Waals surface area contributed by atoms with Crippen molar-refractivity contribution < 1.29 is 14.0 Å². The molecule has 0 saturated carbocycles. The van der Waals surface area contributed by atoms with Crippen LogP contribution in [0, 0.1) is 5.82 Å². The molecule has 0 aliphatic carbocycles. The maximum absolute atomic E-state index is 13.0. The van der Waals surface area contributed by atoms with Crippen LogP contribution in [0.2, 0.25) is 0 Å². The second-order valence-electron chi connectivity index (χ2n) is 6.21. The molecule has 0 spiro atoms. The van der Waals surface area contributed by atoms with Crippen LogP contribution >= 0.6 is 11.8 Å². The Hall–Kier alpha value is -3.27. The van der Waals surface area contributed by atoms with E-state index < -0.39 is 5.25 Å². The van der Waals surface area contributed by atoms with Crippen molar-refractivity contribution in [3.8, 4) is 5.69 Å². The molecule has 1 atom stereocenters. The number of rotatable bonds is 7. The molecule has 0 saturated heterocycles. The molecule has 2 N–H and O–H groups in total. The summed E-state index contributed by atoms with van der Waals surface area (Å²) >= 11 is 1.20. The quantitative estimate of drug-likeness (QED) is 0.576. The SMILES string of the molecule is CC(=O)Nc1cccc(-n2nnnc2SC(C)C(=O)NCc2ccc(F)cc2)c1. The van der Waals surface area contributed by atoms with Gasteiger partial charge in [0.25, 0.3) is 0 Å². The van der Waals surface area contributed by atoms with E-state index in [-0.39, 0.29) is 17.6 Å². The van der Waals surface area contributed by atoms with Gasteiger partial charge in [-0.1, -0.05) is 30.0 Å². The van der Waals surface area contributed by atoms with Gasteiger partial charge in [0, 0.05) is 19.2 Å². The Morgan fingerprint density at radius 2 is 1.97 bits per heavy atom. The van der Waals surface area contributed by atoms with Gasteiger partial charge in [-0.05, 0) is 53.2 Å². The summed E-state index contributed by atoms with van der Waals surface area (Å²) in [7, 11) is 0. The number of tetrazole rings is 1. The molecule has 0 fully saturated rings. The first-order valence-electron chi connectivity index (χ1n) is 8.77. The van der Waals surface area contributed by atoms with Crippen LogP contribution in [0.25, 0.3) is 5.69 Å². The third-order valence-electron chi connectivity index (χ3n) is 3.88. The smallest absolute Gasteiger partial charge is 0.233 e. The average Bonchev–Trinajstić information content (AvgIpc) is 3.15. The van der Waals surface area contributed by atoms with Gasteiger partial charge >= 0.3 is 0 Å². The summed E-state index contributed by atoms with van der Waals surface area (Å²) in [6.45, 7) is 3.47. The molecular formula is C19H19FN6O2S. The highest BCUT2D eigenvalue weighted by molar-refractivity contribution is 8.00. The minimum atomic E-state index is -0.460. The number of hydrogen-bond donors (Lipinski definition) is 2. The normalized spacial score (nSPS) is 11.7. The molecule has 0 radical (unpaired) electrons. The topological polar surface area (TPSA) is 102 Å². The van der Waals surface area contributed by atoms with Gasteiger partial charge in [0.15, 0.2) is 0 Å². The zero-order chi connectivity index (χ0) is 20.8. The van der Waals surface area contributed by atoms with Crippen LogP contribution in [0.4, 0.5) is 10.1 Å². The first-order chi connectivity index (χ1) is 13.9. The van der Waals surface area contributed by atoms with Crippen LogP contribution in [-0.4, -0.2) is 37.3 Å². The first-order valence-corrected chi connectivity index (χ1v) is 9.65. The fourth-order valence-electron chi connectivity index (χ4n) is 2.48. The van der Waals surface area contributed by atoms with E-state index in [2.05, 4.69) is 26.2 Å². The van der Waals surface area contributed by atoms with Crippen molar-refractivity contribution in [1.82, 2.24) is 25.5 Å². The third-order valence-corrected chi connectivity index (χ3v) is 4.92. The second-order valence-corrected chi connectivity index (χ2v) is 7.52. The number of hydrogen-bond acceptors (Lipinski definition) is 6. The highest BCUT2D eigenvalue weighted by Crippen LogP contribution is 2.24. The molecule has 0 aliphatic rings. The Kier molecular flexibility index (Phi) is 6.55. The predicted molar refractivity (Wildman–Crippen MR) is 107 cm³/mol. The van der Waals surface area contributed by atoms with E-state index in [0.29, 0.717) is 23.1 Å². The lowest BCUT2D eigenvalue weighted by Crippen LogP contribution is -2.30. The number of anilines is 1. The number of halogens is 1. The van der Waals surface area contributed by atoms with Crippen LogP contribution in [0.3, 0.4) is 0 Å².